The van der Waals surface area contributed by atoms with Gasteiger partial charge in [-0.1, -0.05) is 11.6 Å². The van der Waals surface area contributed by atoms with Crippen molar-refractivity contribution >= 4 is 17.5 Å². The summed E-state index contributed by atoms with van der Waals surface area (Å²) in [5.41, 5.74) is 1.08. The van der Waals surface area contributed by atoms with Gasteiger partial charge in [0.2, 0.25) is 11.7 Å². The number of carbonyl (C=O) groups is 1. The maximum Gasteiger partial charge on any atom is 0.451 e. The van der Waals surface area contributed by atoms with Crippen LogP contribution in [0.1, 0.15) is 17.8 Å². The average Bonchev–Trinajstić information content (AvgIpc) is 3.07. The minimum Gasteiger partial charge on any atom is -0.351 e. The highest BCUT2D eigenvalue weighted by atomic mass is 35.5. The van der Waals surface area contributed by atoms with Crippen LogP contribution >= 0.6 is 11.6 Å². The van der Waals surface area contributed by atoms with E-state index in [9.17, 15) is 22.4 Å². The Morgan fingerprint density at radius 2 is 1.96 bits per heavy atom. The molecule has 2 aromatic rings. The fourth-order valence-corrected chi connectivity index (χ4v) is 2.75. The summed E-state index contributed by atoms with van der Waals surface area (Å²) in [4.78, 5) is 22.7. The summed E-state index contributed by atoms with van der Waals surface area (Å²) in [6.07, 6.45) is -2.24. The van der Waals surface area contributed by atoms with Crippen LogP contribution < -0.4 is 10.6 Å². The smallest absolute Gasteiger partial charge is 0.351 e. The largest absolute Gasteiger partial charge is 0.451 e. The minimum atomic E-state index is -4.63. The fourth-order valence-electron chi connectivity index (χ4n) is 2.58. The molecular formula is C16H14ClF4N5O. The Morgan fingerprint density at radius 1 is 1.26 bits per heavy atom. The van der Waals surface area contributed by atoms with E-state index in [-0.39, 0.29) is 36.0 Å². The molecule has 0 aliphatic carbocycles. The maximum atomic E-state index is 13.1. The van der Waals surface area contributed by atoms with Crippen LogP contribution in [0.5, 0.6) is 0 Å². The van der Waals surface area contributed by atoms with Gasteiger partial charge in [0.15, 0.2) is 0 Å². The number of rotatable bonds is 4. The lowest BCUT2D eigenvalue weighted by molar-refractivity contribution is -0.145. The molecule has 0 radical (unpaired) electrons. The van der Waals surface area contributed by atoms with Crippen molar-refractivity contribution in [2.75, 3.05) is 6.54 Å². The van der Waals surface area contributed by atoms with Crippen LogP contribution in [0.2, 0.25) is 5.02 Å². The number of pyridine rings is 1. The zero-order chi connectivity index (χ0) is 19.6. The van der Waals surface area contributed by atoms with Gasteiger partial charge in [-0.2, -0.15) is 13.2 Å². The van der Waals surface area contributed by atoms with E-state index in [2.05, 4.69) is 25.6 Å². The number of nitrogens with one attached hydrogen (secondary N) is 2. The second kappa shape index (κ2) is 7.73. The molecule has 3 rings (SSSR count). The SMILES string of the molecule is O=C(NCc1cc(-c2cnc(C(F)(F)F)nc2)ncc1Cl)C1CC(F)CN1. The van der Waals surface area contributed by atoms with Crippen molar-refractivity contribution in [1.82, 2.24) is 25.6 Å². The number of halogens is 5. The molecule has 1 fully saturated rings. The Hall–Kier alpha value is -2.33. The van der Waals surface area contributed by atoms with Crippen molar-refractivity contribution in [2.24, 2.45) is 0 Å². The maximum absolute atomic E-state index is 13.1. The molecule has 1 aliphatic rings. The van der Waals surface area contributed by atoms with E-state index < -0.39 is 24.2 Å². The lowest BCUT2D eigenvalue weighted by Crippen LogP contribution is -2.40. The average molecular weight is 404 g/mol. The first-order chi connectivity index (χ1) is 12.7. The van der Waals surface area contributed by atoms with E-state index in [1.807, 2.05) is 0 Å². The van der Waals surface area contributed by atoms with Crippen LogP contribution in [-0.2, 0) is 17.5 Å². The van der Waals surface area contributed by atoms with Crippen molar-refractivity contribution in [3.05, 3.63) is 41.1 Å². The number of carbonyl (C=O) groups excluding carboxylic acids is 1. The topological polar surface area (TPSA) is 79.8 Å². The van der Waals surface area contributed by atoms with Crippen molar-refractivity contribution in [1.29, 1.82) is 0 Å². The van der Waals surface area contributed by atoms with Crippen LogP contribution in [0.25, 0.3) is 11.3 Å². The first-order valence-corrected chi connectivity index (χ1v) is 8.31. The molecule has 1 saturated heterocycles. The van der Waals surface area contributed by atoms with Gasteiger partial charge in [0, 0.05) is 43.7 Å². The summed E-state index contributed by atoms with van der Waals surface area (Å²) in [7, 11) is 0. The molecule has 1 amide bonds. The van der Waals surface area contributed by atoms with E-state index in [1.165, 1.54) is 12.3 Å². The van der Waals surface area contributed by atoms with Crippen LogP contribution in [0.4, 0.5) is 17.6 Å². The fraction of sp³-hybridized carbons (Fsp3) is 0.375. The van der Waals surface area contributed by atoms with E-state index in [4.69, 9.17) is 11.6 Å². The lowest BCUT2D eigenvalue weighted by Gasteiger charge is -2.12. The minimum absolute atomic E-state index is 0.0593. The van der Waals surface area contributed by atoms with Gasteiger partial charge in [0.1, 0.15) is 6.17 Å². The summed E-state index contributed by atoms with van der Waals surface area (Å²) in [5, 5.41) is 5.69. The van der Waals surface area contributed by atoms with E-state index in [1.54, 1.807) is 0 Å². The lowest BCUT2D eigenvalue weighted by atomic mass is 10.1. The van der Waals surface area contributed by atoms with Crippen molar-refractivity contribution < 1.29 is 22.4 Å². The molecule has 2 aromatic heterocycles. The van der Waals surface area contributed by atoms with E-state index >= 15 is 0 Å². The number of hydrogen-bond donors (Lipinski definition) is 2. The molecular weight excluding hydrogens is 390 g/mol. The number of alkyl halides is 4. The Balaban J connectivity index is 1.71. The monoisotopic (exact) mass is 403 g/mol. The first-order valence-electron chi connectivity index (χ1n) is 7.93. The summed E-state index contributed by atoms with van der Waals surface area (Å²) in [6.45, 7) is 0.190. The molecule has 6 nitrogen and oxygen atoms in total. The molecule has 27 heavy (non-hydrogen) atoms. The predicted octanol–water partition coefficient (Wildman–Crippen LogP) is 2.53. The molecule has 0 saturated carbocycles. The molecule has 1 aliphatic heterocycles. The van der Waals surface area contributed by atoms with Gasteiger partial charge in [-0.3, -0.25) is 9.78 Å². The number of nitrogens with zero attached hydrogens (tertiary/aromatic N) is 3. The standard InChI is InChI=1S/C16H14ClF4N5O/c17-11-7-23-12(9-4-25-15(26-5-9)16(19,20)21)1-8(11)3-24-14(27)13-2-10(18)6-22-13/h1,4-5,7,10,13,22H,2-3,6H2,(H,24,27). The zero-order valence-corrected chi connectivity index (χ0v) is 14.5. The van der Waals surface area contributed by atoms with Crippen LogP contribution in [0.3, 0.4) is 0 Å². The van der Waals surface area contributed by atoms with Crippen molar-refractivity contribution in [2.45, 2.75) is 31.4 Å². The molecule has 0 spiro atoms. The Bertz CT molecular complexity index is 831. The van der Waals surface area contributed by atoms with Gasteiger partial charge < -0.3 is 10.6 Å². The molecule has 0 aromatic carbocycles. The molecule has 11 heteroatoms. The summed E-state index contributed by atoms with van der Waals surface area (Å²) >= 11 is 6.07. The molecule has 3 heterocycles. The number of aromatic nitrogens is 3. The van der Waals surface area contributed by atoms with Crippen molar-refractivity contribution in [3.8, 4) is 11.3 Å². The van der Waals surface area contributed by atoms with E-state index in [0.29, 0.717) is 11.3 Å². The quantitative estimate of drug-likeness (QED) is 0.767. The molecule has 2 N–H and O–H groups in total. The highest BCUT2D eigenvalue weighted by Crippen LogP contribution is 2.27. The normalized spacial score (nSPS) is 19.9. The Labute approximate surface area is 156 Å². The van der Waals surface area contributed by atoms with Crippen LogP contribution in [-0.4, -0.2) is 39.6 Å². The summed E-state index contributed by atoms with van der Waals surface area (Å²) in [5.74, 6) is -1.61. The van der Waals surface area contributed by atoms with Gasteiger partial charge in [0.05, 0.1) is 16.8 Å². The zero-order valence-electron chi connectivity index (χ0n) is 13.7. The number of hydrogen-bond acceptors (Lipinski definition) is 5. The molecule has 0 bridgehead atoms. The Morgan fingerprint density at radius 3 is 2.56 bits per heavy atom. The molecule has 144 valence electrons. The summed E-state index contributed by atoms with van der Waals surface area (Å²) < 4.78 is 50.8. The predicted molar refractivity (Wildman–Crippen MR) is 88.4 cm³/mol. The van der Waals surface area contributed by atoms with Crippen LogP contribution in [0.15, 0.2) is 24.7 Å². The third-order valence-corrected chi connectivity index (χ3v) is 4.32. The van der Waals surface area contributed by atoms with Crippen molar-refractivity contribution in [3.63, 3.8) is 0 Å². The summed E-state index contributed by atoms with van der Waals surface area (Å²) in [6, 6.07) is 0.914. The van der Waals surface area contributed by atoms with E-state index in [0.717, 1.165) is 12.4 Å². The number of amides is 1. The van der Waals surface area contributed by atoms with Gasteiger partial charge in [-0.15, -0.1) is 0 Å². The second-order valence-corrected chi connectivity index (χ2v) is 6.37. The Kier molecular flexibility index (Phi) is 5.56. The third kappa shape index (κ3) is 4.69. The molecule has 2 unspecified atom stereocenters. The highest BCUT2D eigenvalue weighted by Gasteiger charge is 2.34. The highest BCUT2D eigenvalue weighted by molar-refractivity contribution is 6.31. The van der Waals surface area contributed by atoms with Gasteiger partial charge in [0.25, 0.3) is 0 Å². The first kappa shape index (κ1) is 19.4. The third-order valence-electron chi connectivity index (χ3n) is 3.98. The van der Waals surface area contributed by atoms with Gasteiger partial charge in [-0.25, -0.2) is 14.4 Å². The van der Waals surface area contributed by atoms with Gasteiger partial charge in [-0.05, 0) is 11.6 Å². The second-order valence-electron chi connectivity index (χ2n) is 5.97. The van der Waals surface area contributed by atoms with Gasteiger partial charge >= 0.3 is 6.18 Å². The molecule has 2 atom stereocenters. The van der Waals surface area contributed by atoms with Crippen LogP contribution in [0, 0.1) is 0 Å².